The molecule has 16 heavy (non-hydrogen) atoms. The summed E-state index contributed by atoms with van der Waals surface area (Å²) in [5.41, 5.74) is -0.0779. The molecule has 0 bridgehead atoms. The van der Waals surface area contributed by atoms with Crippen LogP contribution in [0.3, 0.4) is 0 Å². The fourth-order valence-corrected chi connectivity index (χ4v) is 2.77. The van der Waals surface area contributed by atoms with Gasteiger partial charge in [-0.3, -0.25) is 4.79 Å². The van der Waals surface area contributed by atoms with Gasteiger partial charge in [0.05, 0.1) is 0 Å². The minimum atomic E-state index is -0.0779. The first-order valence-corrected chi connectivity index (χ1v) is 6.60. The van der Waals surface area contributed by atoms with Crippen LogP contribution in [-0.2, 0) is 4.79 Å². The summed E-state index contributed by atoms with van der Waals surface area (Å²) < 4.78 is 0. The van der Waals surface area contributed by atoms with Crippen molar-refractivity contribution < 1.29 is 9.90 Å². The maximum absolute atomic E-state index is 12.5. The van der Waals surface area contributed by atoms with E-state index in [2.05, 4.69) is 6.92 Å². The van der Waals surface area contributed by atoms with Gasteiger partial charge in [-0.1, -0.05) is 19.8 Å². The summed E-state index contributed by atoms with van der Waals surface area (Å²) in [5.74, 6) is 0.323. The highest BCUT2D eigenvalue weighted by molar-refractivity contribution is 5.83. The molecule has 0 unspecified atom stereocenters. The molecule has 1 aliphatic rings. The molecule has 0 aromatic rings. The second kappa shape index (κ2) is 6.24. The van der Waals surface area contributed by atoms with E-state index in [-0.39, 0.29) is 12.0 Å². The Morgan fingerprint density at radius 2 is 1.94 bits per heavy atom. The standard InChI is InChI=1S/C13H25NO2/c1-3-13(8-5-6-9-13)12(16)14(4-2)10-7-11-15/h15H,3-11H2,1-2H3. The van der Waals surface area contributed by atoms with E-state index in [1.165, 1.54) is 12.8 Å². The third kappa shape index (κ3) is 2.76. The number of hydrogen-bond acceptors (Lipinski definition) is 2. The van der Waals surface area contributed by atoms with Crippen molar-refractivity contribution in [3.05, 3.63) is 0 Å². The van der Waals surface area contributed by atoms with Gasteiger partial charge in [0.2, 0.25) is 5.91 Å². The van der Waals surface area contributed by atoms with E-state index in [0.717, 1.165) is 25.8 Å². The molecule has 1 aliphatic carbocycles. The normalized spacial score (nSPS) is 18.7. The van der Waals surface area contributed by atoms with Gasteiger partial charge in [-0.15, -0.1) is 0 Å². The average molecular weight is 227 g/mol. The van der Waals surface area contributed by atoms with Crippen molar-refractivity contribution in [2.24, 2.45) is 5.41 Å². The van der Waals surface area contributed by atoms with Crippen molar-refractivity contribution in [3.63, 3.8) is 0 Å². The summed E-state index contributed by atoms with van der Waals surface area (Å²) in [6.45, 7) is 5.79. The Labute approximate surface area is 98.8 Å². The highest BCUT2D eigenvalue weighted by Gasteiger charge is 2.41. The molecule has 0 aromatic carbocycles. The third-order valence-electron chi connectivity index (χ3n) is 3.95. The zero-order chi connectivity index (χ0) is 12.0. The first-order valence-electron chi connectivity index (χ1n) is 6.60. The van der Waals surface area contributed by atoms with Crippen LogP contribution in [0.4, 0.5) is 0 Å². The van der Waals surface area contributed by atoms with Crippen LogP contribution in [-0.4, -0.2) is 35.6 Å². The first kappa shape index (κ1) is 13.5. The number of aliphatic hydroxyl groups excluding tert-OH is 1. The summed E-state index contributed by atoms with van der Waals surface area (Å²) in [4.78, 5) is 14.4. The Bertz CT molecular complexity index is 222. The quantitative estimate of drug-likeness (QED) is 0.755. The van der Waals surface area contributed by atoms with Gasteiger partial charge in [0.25, 0.3) is 0 Å². The largest absolute Gasteiger partial charge is 0.396 e. The maximum atomic E-state index is 12.5. The van der Waals surface area contributed by atoms with E-state index < -0.39 is 0 Å². The van der Waals surface area contributed by atoms with Gasteiger partial charge in [0, 0.05) is 25.1 Å². The lowest BCUT2D eigenvalue weighted by Gasteiger charge is -2.33. The number of aliphatic hydroxyl groups is 1. The molecule has 1 amide bonds. The Kier molecular flexibility index (Phi) is 5.26. The van der Waals surface area contributed by atoms with Crippen molar-refractivity contribution in [3.8, 4) is 0 Å². The first-order chi connectivity index (χ1) is 7.70. The van der Waals surface area contributed by atoms with E-state index in [0.29, 0.717) is 18.9 Å². The van der Waals surface area contributed by atoms with Crippen LogP contribution in [0.5, 0.6) is 0 Å². The number of amides is 1. The zero-order valence-corrected chi connectivity index (χ0v) is 10.7. The van der Waals surface area contributed by atoms with Gasteiger partial charge in [-0.2, -0.15) is 0 Å². The molecule has 94 valence electrons. The highest BCUT2D eigenvalue weighted by atomic mass is 16.3. The lowest BCUT2D eigenvalue weighted by atomic mass is 9.82. The van der Waals surface area contributed by atoms with Crippen molar-refractivity contribution in [1.82, 2.24) is 4.90 Å². The van der Waals surface area contributed by atoms with Crippen LogP contribution >= 0.6 is 0 Å². The van der Waals surface area contributed by atoms with E-state index in [4.69, 9.17) is 5.11 Å². The maximum Gasteiger partial charge on any atom is 0.228 e. The van der Waals surface area contributed by atoms with Gasteiger partial charge in [0.1, 0.15) is 0 Å². The summed E-state index contributed by atoms with van der Waals surface area (Å²) in [6.07, 6.45) is 6.14. The number of nitrogens with zero attached hydrogens (tertiary/aromatic N) is 1. The SMILES string of the molecule is CCN(CCCO)C(=O)C1(CC)CCCC1. The van der Waals surface area contributed by atoms with Gasteiger partial charge in [0.15, 0.2) is 0 Å². The lowest BCUT2D eigenvalue weighted by molar-refractivity contribution is -0.142. The minimum absolute atomic E-state index is 0.0779. The Balaban J connectivity index is 2.64. The molecule has 1 fully saturated rings. The summed E-state index contributed by atoms with van der Waals surface area (Å²) in [7, 11) is 0. The van der Waals surface area contributed by atoms with Crippen LogP contribution < -0.4 is 0 Å². The van der Waals surface area contributed by atoms with Gasteiger partial charge < -0.3 is 10.0 Å². The smallest absolute Gasteiger partial charge is 0.228 e. The number of hydrogen-bond donors (Lipinski definition) is 1. The van der Waals surface area contributed by atoms with Crippen molar-refractivity contribution in [2.45, 2.75) is 52.4 Å². The van der Waals surface area contributed by atoms with E-state index in [1.54, 1.807) is 0 Å². The molecule has 0 atom stereocenters. The fourth-order valence-electron chi connectivity index (χ4n) is 2.77. The monoisotopic (exact) mass is 227 g/mol. The predicted molar refractivity (Wildman–Crippen MR) is 65.1 cm³/mol. The second-order valence-corrected chi connectivity index (χ2v) is 4.80. The van der Waals surface area contributed by atoms with Crippen molar-refractivity contribution in [2.75, 3.05) is 19.7 Å². The number of rotatable bonds is 6. The molecule has 3 heteroatoms. The molecular weight excluding hydrogens is 202 g/mol. The second-order valence-electron chi connectivity index (χ2n) is 4.80. The van der Waals surface area contributed by atoms with Crippen molar-refractivity contribution in [1.29, 1.82) is 0 Å². The van der Waals surface area contributed by atoms with Crippen molar-refractivity contribution >= 4 is 5.91 Å². The molecule has 0 spiro atoms. The molecule has 1 saturated carbocycles. The van der Waals surface area contributed by atoms with Crippen LogP contribution in [0, 0.1) is 5.41 Å². The lowest BCUT2D eigenvalue weighted by Crippen LogP contribution is -2.43. The molecule has 0 aromatic heterocycles. The number of carbonyl (C=O) groups excluding carboxylic acids is 1. The van der Waals surface area contributed by atoms with E-state index >= 15 is 0 Å². The molecule has 1 rings (SSSR count). The topological polar surface area (TPSA) is 40.5 Å². The molecule has 0 saturated heterocycles. The van der Waals surface area contributed by atoms with Crippen LogP contribution in [0.2, 0.25) is 0 Å². The minimum Gasteiger partial charge on any atom is -0.396 e. The zero-order valence-electron chi connectivity index (χ0n) is 10.7. The molecule has 3 nitrogen and oxygen atoms in total. The molecule has 0 radical (unpaired) electrons. The molecule has 0 aliphatic heterocycles. The molecule has 1 N–H and O–H groups in total. The third-order valence-corrected chi connectivity index (χ3v) is 3.95. The van der Waals surface area contributed by atoms with Crippen LogP contribution in [0.15, 0.2) is 0 Å². The van der Waals surface area contributed by atoms with Crippen LogP contribution in [0.25, 0.3) is 0 Å². The van der Waals surface area contributed by atoms with Gasteiger partial charge >= 0.3 is 0 Å². The fraction of sp³-hybridized carbons (Fsp3) is 0.923. The Morgan fingerprint density at radius 1 is 1.31 bits per heavy atom. The highest BCUT2D eigenvalue weighted by Crippen LogP contribution is 2.42. The van der Waals surface area contributed by atoms with Gasteiger partial charge in [-0.25, -0.2) is 0 Å². The van der Waals surface area contributed by atoms with Crippen LogP contribution in [0.1, 0.15) is 52.4 Å². The number of carbonyl (C=O) groups is 1. The summed E-state index contributed by atoms with van der Waals surface area (Å²) >= 11 is 0. The van der Waals surface area contributed by atoms with E-state index in [9.17, 15) is 4.79 Å². The predicted octanol–water partition coefficient (Wildman–Crippen LogP) is 2.19. The van der Waals surface area contributed by atoms with Gasteiger partial charge in [-0.05, 0) is 32.6 Å². The Hall–Kier alpha value is -0.570. The van der Waals surface area contributed by atoms with E-state index in [1.807, 2.05) is 11.8 Å². The molecule has 0 heterocycles. The Morgan fingerprint density at radius 3 is 2.38 bits per heavy atom. The molecular formula is C13H25NO2. The average Bonchev–Trinajstić information content (AvgIpc) is 2.79. The summed E-state index contributed by atoms with van der Waals surface area (Å²) in [6, 6.07) is 0. The summed E-state index contributed by atoms with van der Waals surface area (Å²) in [5, 5.41) is 8.84.